The number of halogens is 3. The van der Waals surface area contributed by atoms with Crippen LogP contribution < -0.4 is 9.47 Å². The van der Waals surface area contributed by atoms with Gasteiger partial charge in [-0.1, -0.05) is 41.7 Å². The maximum absolute atomic E-state index is 9.16. The molecule has 40 heavy (non-hydrogen) atoms. The molecule has 0 atom stereocenters. The van der Waals surface area contributed by atoms with Crippen LogP contribution in [0.3, 0.4) is 0 Å². The molecule has 0 spiro atoms. The third kappa shape index (κ3) is 7.42. The van der Waals surface area contributed by atoms with Gasteiger partial charge in [-0.2, -0.15) is 0 Å². The lowest BCUT2D eigenvalue weighted by molar-refractivity contribution is 0.318. The van der Waals surface area contributed by atoms with Crippen LogP contribution in [0.2, 0.25) is 15.5 Å². The number of pyridine rings is 3. The Morgan fingerprint density at radius 1 is 0.625 bits per heavy atom. The molecule has 9 heteroatoms. The van der Waals surface area contributed by atoms with Gasteiger partial charge in [0.15, 0.2) is 0 Å². The van der Waals surface area contributed by atoms with Crippen LogP contribution in [0, 0.1) is 0 Å². The molecule has 0 bridgehead atoms. The fourth-order valence-electron chi connectivity index (χ4n) is 3.80. The average Bonchev–Trinajstić information content (AvgIpc) is 2.97. The monoisotopic (exact) mass is 593 g/mol. The van der Waals surface area contributed by atoms with E-state index in [0.29, 0.717) is 15.5 Å². The van der Waals surface area contributed by atoms with Gasteiger partial charge in [0.05, 0.1) is 13.7 Å². The van der Waals surface area contributed by atoms with E-state index in [1.54, 1.807) is 50.0 Å². The van der Waals surface area contributed by atoms with E-state index in [1.807, 2.05) is 48.5 Å². The summed E-state index contributed by atoms with van der Waals surface area (Å²) in [5.41, 5.74) is 0. The number of phenolic OH excluding ortho intramolecular Hbond substituents is 1. The van der Waals surface area contributed by atoms with Crippen LogP contribution in [0.15, 0.2) is 91.4 Å². The Bertz CT molecular complexity index is 1750. The van der Waals surface area contributed by atoms with Crippen molar-refractivity contribution in [3.8, 4) is 17.2 Å². The van der Waals surface area contributed by atoms with Crippen molar-refractivity contribution in [3.05, 3.63) is 107 Å². The molecule has 0 saturated heterocycles. The van der Waals surface area contributed by atoms with Crippen molar-refractivity contribution in [2.75, 3.05) is 13.7 Å². The number of rotatable bonds is 4. The fraction of sp³-hybridized carbons (Fsp3) is 0.129. The molecule has 0 radical (unpaired) electrons. The summed E-state index contributed by atoms with van der Waals surface area (Å²) in [6.07, 6.45) is 6.01. The third-order valence-electron chi connectivity index (χ3n) is 5.78. The van der Waals surface area contributed by atoms with Crippen molar-refractivity contribution in [2.24, 2.45) is 0 Å². The minimum Gasteiger partial charge on any atom is -0.508 e. The van der Waals surface area contributed by atoms with Gasteiger partial charge >= 0.3 is 0 Å². The number of fused-ring (bicyclic) bond motifs is 3. The van der Waals surface area contributed by atoms with Gasteiger partial charge < -0.3 is 14.6 Å². The van der Waals surface area contributed by atoms with Crippen LogP contribution in [0.25, 0.3) is 32.3 Å². The molecule has 0 fully saturated rings. The normalized spacial score (nSPS) is 10.4. The van der Waals surface area contributed by atoms with Crippen LogP contribution in [-0.4, -0.2) is 33.8 Å². The molecule has 3 aromatic carbocycles. The molecule has 6 rings (SSSR count). The molecule has 6 nitrogen and oxygen atoms in total. The number of benzene rings is 3. The lowest BCUT2D eigenvalue weighted by Gasteiger charge is -2.06. The van der Waals surface area contributed by atoms with E-state index in [1.165, 1.54) is 0 Å². The van der Waals surface area contributed by atoms with E-state index in [-0.39, 0.29) is 5.75 Å². The summed E-state index contributed by atoms with van der Waals surface area (Å²) in [7, 11) is 1.64. The highest BCUT2D eigenvalue weighted by molar-refractivity contribution is 6.35. The van der Waals surface area contributed by atoms with Crippen LogP contribution in [0.5, 0.6) is 17.2 Å². The van der Waals surface area contributed by atoms with E-state index in [4.69, 9.17) is 49.4 Å². The summed E-state index contributed by atoms with van der Waals surface area (Å²) in [5, 5.41) is 16.5. The Hall–Kier alpha value is -3.84. The van der Waals surface area contributed by atoms with Crippen LogP contribution in [0.4, 0.5) is 0 Å². The highest BCUT2D eigenvalue weighted by atomic mass is 35.5. The number of hydrogen-bond donors (Lipinski definition) is 1. The van der Waals surface area contributed by atoms with Gasteiger partial charge in [-0.3, -0.25) is 0 Å². The van der Waals surface area contributed by atoms with Crippen molar-refractivity contribution < 1.29 is 14.6 Å². The van der Waals surface area contributed by atoms with Crippen molar-refractivity contribution in [1.29, 1.82) is 0 Å². The van der Waals surface area contributed by atoms with Crippen LogP contribution in [0.1, 0.15) is 13.3 Å². The summed E-state index contributed by atoms with van der Waals surface area (Å²) >= 11 is 17.7. The van der Waals surface area contributed by atoms with Gasteiger partial charge in [-0.25, -0.2) is 15.0 Å². The Morgan fingerprint density at radius 3 is 1.57 bits per heavy atom. The van der Waals surface area contributed by atoms with E-state index in [9.17, 15) is 0 Å². The Morgan fingerprint density at radius 2 is 1.07 bits per heavy atom. The molecule has 0 aliphatic heterocycles. The number of hydrogen-bond acceptors (Lipinski definition) is 6. The van der Waals surface area contributed by atoms with Gasteiger partial charge in [0.25, 0.3) is 0 Å². The van der Waals surface area contributed by atoms with Gasteiger partial charge in [-0.15, -0.1) is 0 Å². The first-order chi connectivity index (χ1) is 19.4. The van der Waals surface area contributed by atoms with Gasteiger partial charge in [0.2, 0.25) is 0 Å². The van der Waals surface area contributed by atoms with Gasteiger partial charge in [0, 0.05) is 34.7 Å². The fourth-order valence-corrected chi connectivity index (χ4v) is 4.49. The second kappa shape index (κ2) is 14.0. The molecule has 0 saturated carbocycles. The highest BCUT2D eigenvalue weighted by Gasteiger charge is 2.02. The van der Waals surface area contributed by atoms with Crippen LogP contribution >= 0.6 is 34.8 Å². The van der Waals surface area contributed by atoms with Crippen molar-refractivity contribution in [3.63, 3.8) is 0 Å². The standard InChI is InChI=1S/C12H12ClNO.C10H8ClNO.C9H6ClNO/c1-2-7-15-10-3-4-11-9(8-10)5-6-14-12(11)13;1-13-8-2-3-9-7(6-8)4-5-12-10(9)11;10-9-8-2-1-7(12)5-6(8)3-4-11-9/h3-6,8H,2,7H2,1H3;2-6H,1H3;1-5,12H. The molecule has 1 N–H and O–H groups in total. The van der Waals surface area contributed by atoms with Crippen molar-refractivity contribution in [1.82, 2.24) is 15.0 Å². The van der Waals surface area contributed by atoms with Gasteiger partial charge in [-0.05, 0) is 95.4 Å². The van der Waals surface area contributed by atoms with Gasteiger partial charge in [0.1, 0.15) is 32.7 Å². The molecular formula is C31H26Cl3N3O3. The number of aromatic hydroxyl groups is 1. The zero-order valence-electron chi connectivity index (χ0n) is 21.8. The molecule has 0 aliphatic carbocycles. The maximum Gasteiger partial charge on any atom is 0.136 e. The number of nitrogens with zero attached hydrogens (tertiary/aromatic N) is 3. The van der Waals surface area contributed by atoms with E-state index < -0.39 is 0 Å². The molecule has 0 aliphatic rings. The average molecular weight is 595 g/mol. The van der Waals surface area contributed by atoms with E-state index >= 15 is 0 Å². The molecular weight excluding hydrogens is 569 g/mol. The summed E-state index contributed by atoms with van der Waals surface area (Å²) in [6, 6.07) is 22.2. The number of phenols is 1. The summed E-state index contributed by atoms with van der Waals surface area (Å²) in [4.78, 5) is 11.9. The predicted octanol–water partition coefficient (Wildman–Crippen LogP) is 9.17. The Kier molecular flexibility index (Phi) is 10.2. The van der Waals surface area contributed by atoms with E-state index in [0.717, 1.165) is 56.8 Å². The van der Waals surface area contributed by atoms with Crippen molar-refractivity contribution >= 4 is 67.1 Å². The highest BCUT2D eigenvalue weighted by Crippen LogP contribution is 2.26. The summed E-state index contributed by atoms with van der Waals surface area (Å²) < 4.78 is 10.6. The smallest absolute Gasteiger partial charge is 0.136 e. The second-order valence-corrected chi connectivity index (χ2v) is 9.60. The van der Waals surface area contributed by atoms with Crippen LogP contribution in [-0.2, 0) is 0 Å². The van der Waals surface area contributed by atoms with E-state index in [2.05, 4.69) is 21.9 Å². The molecule has 6 aromatic rings. The minimum atomic E-state index is 0.241. The molecule has 0 amide bonds. The Labute approximate surface area is 247 Å². The maximum atomic E-state index is 9.16. The summed E-state index contributed by atoms with van der Waals surface area (Å²) in [5.74, 6) is 1.95. The quantitative estimate of drug-likeness (QED) is 0.205. The number of ether oxygens (including phenoxy) is 2. The zero-order valence-corrected chi connectivity index (χ0v) is 24.1. The first kappa shape index (κ1) is 29.2. The predicted molar refractivity (Wildman–Crippen MR) is 164 cm³/mol. The SMILES string of the molecule is CCCOc1ccc2c(Cl)nccc2c1.COc1ccc2c(Cl)nccc2c1.Oc1ccc2c(Cl)nccc2c1. The lowest BCUT2D eigenvalue weighted by atomic mass is 10.2. The molecule has 3 aromatic heterocycles. The molecule has 3 heterocycles. The zero-order chi connectivity index (χ0) is 28.5. The van der Waals surface area contributed by atoms with Crippen molar-refractivity contribution in [2.45, 2.75) is 13.3 Å². The first-order valence-electron chi connectivity index (χ1n) is 12.4. The number of aromatic nitrogens is 3. The lowest BCUT2D eigenvalue weighted by Crippen LogP contribution is -1.94. The largest absolute Gasteiger partial charge is 0.508 e. The third-order valence-corrected chi connectivity index (χ3v) is 6.69. The number of methoxy groups -OCH3 is 1. The molecule has 0 unspecified atom stereocenters. The molecule has 204 valence electrons. The Balaban J connectivity index is 0.000000140. The second-order valence-electron chi connectivity index (χ2n) is 8.53. The first-order valence-corrected chi connectivity index (χ1v) is 13.5. The minimum absolute atomic E-state index is 0.241. The summed E-state index contributed by atoms with van der Waals surface area (Å²) in [6.45, 7) is 2.83. The topological polar surface area (TPSA) is 77.4 Å².